The van der Waals surface area contributed by atoms with Crippen molar-refractivity contribution in [3.05, 3.63) is 23.7 Å². The first-order chi connectivity index (χ1) is 8.31. The molecule has 17 heavy (non-hydrogen) atoms. The van der Waals surface area contributed by atoms with Gasteiger partial charge in [-0.15, -0.1) is 0 Å². The quantitative estimate of drug-likeness (QED) is 0.827. The predicted molar refractivity (Wildman–Crippen MR) is 67.9 cm³/mol. The Labute approximate surface area is 101 Å². The van der Waals surface area contributed by atoms with Crippen LogP contribution in [0.25, 0.3) is 11.2 Å². The fourth-order valence-corrected chi connectivity index (χ4v) is 2.51. The third-order valence-corrected chi connectivity index (χ3v) is 3.42. The van der Waals surface area contributed by atoms with Gasteiger partial charge in [0.05, 0.1) is 5.52 Å². The molecule has 1 unspecified atom stereocenters. The smallest absolute Gasteiger partial charge is 0.177 e. The van der Waals surface area contributed by atoms with E-state index in [1.165, 1.54) is 12.8 Å². The number of piperidine rings is 1. The average molecular weight is 230 g/mol. The molecule has 2 aromatic rings. The van der Waals surface area contributed by atoms with Gasteiger partial charge in [-0.3, -0.25) is 0 Å². The molecule has 4 nitrogen and oxygen atoms in total. The first kappa shape index (κ1) is 10.7. The van der Waals surface area contributed by atoms with E-state index >= 15 is 0 Å². The molecule has 0 amide bonds. The van der Waals surface area contributed by atoms with Crippen LogP contribution in [0, 0.1) is 12.8 Å². The molecular formula is C13H18N4. The van der Waals surface area contributed by atoms with Gasteiger partial charge < -0.3 is 10.3 Å². The zero-order valence-corrected chi connectivity index (χ0v) is 10.2. The van der Waals surface area contributed by atoms with Crippen LogP contribution in [0.3, 0.4) is 0 Å². The minimum absolute atomic E-state index is 0.713. The van der Waals surface area contributed by atoms with Crippen LogP contribution >= 0.6 is 0 Å². The van der Waals surface area contributed by atoms with Gasteiger partial charge in [0.25, 0.3) is 0 Å². The normalized spacial score (nSPS) is 20.9. The first-order valence-electron chi connectivity index (χ1n) is 6.34. The molecule has 2 N–H and O–H groups in total. The first-order valence-corrected chi connectivity index (χ1v) is 6.34. The van der Waals surface area contributed by atoms with Crippen molar-refractivity contribution in [2.75, 3.05) is 13.1 Å². The van der Waals surface area contributed by atoms with E-state index < -0.39 is 0 Å². The molecule has 0 bridgehead atoms. The number of rotatable bonds is 2. The lowest BCUT2D eigenvalue weighted by Crippen LogP contribution is -2.31. The number of imidazole rings is 1. The Kier molecular flexibility index (Phi) is 2.81. The maximum Gasteiger partial charge on any atom is 0.177 e. The van der Waals surface area contributed by atoms with Gasteiger partial charge in [0.15, 0.2) is 5.65 Å². The maximum atomic E-state index is 4.57. The van der Waals surface area contributed by atoms with E-state index in [-0.39, 0.29) is 0 Å². The standard InChI is InChI=1S/C13H18N4/c1-9-4-5-11-13(15-9)17-12(16-11)7-10-3-2-6-14-8-10/h4-5,10,14H,2-3,6-8H2,1H3,(H,15,16,17). The van der Waals surface area contributed by atoms with Crippen LogP contribution in [0.1, 0.15) is 24.4 Å². The molecular weight excluding hydrogens is 212 g/mol. The van der Waals surface area contributed by atoms with E-state index in [1.807, 2.05) is 13.0 Å². The summed E-state index contributed by atoms with van der Waals surface area (Å²) in [5.74, 6) is 1.79. The molecule has 1 fully saturated rings. The van der Waals surface area contributed by atoms with Crippen molar-refractivity contribution in [2.24, 2.45) is 5.92 Å². The van der Waals surface area contributed by atoms with Crippen molar-refractivity contribution in [3.63, 3.8) is 0 Å². The highest BCUT2D eigenvalue weighted by molar-refractivity contribution is 5.70. The van der Waals surface area contributed by atoms with Crippen molar-refractivity contribution in [3.8, 4) is 0 Å². The van der Waals surface area contributed by atoms with Crippen molar-refractivity contribution in [1.29, 1.82) is 0 Å². The maximum absolute atomic E-state index is 4.57. The van der Waals surface area contributed by atoms with E-state index in [1.54, 1.807) is 0 Å². The second-order valence-corrected chi connectivity index (χ2v) is 4.92. The van der Waals surface area contributed by atoms with Crippen LogP contribution in [-0.2, 0) is 6.42 Å². The summed E-state index contributed by atoms with van der Waals surface area (Å²) in [7, 11) is 0. The van der Waals surface area contributed by atoms with Gasteiger partial charge in [-0.05, 0) is 50.9 Å². The third-order valence-electron chi connectivity index (χ3n) is 3.42. The fraction of sp³-hybridized carbons (Fsp3) is 0.538. The van der Waals surface area contributed by atoms with Gasteiger partial charge in [0, 0.05) is 12.1 Å². The van der Waals surface area contributed by atoms with Crippen molar-refractivity contribution < 1.29 is 0 Å². The number of pyridine rings is 1. The van der Waals surface area contributed by atoms with E-state index in [9.17, 15) is 0 Å². The summed E-state index contributed by atoms with van der Waals surface area (Å²) in [6.45, 7) is 4.28. The number of nitrogens with zero attached hydrogens (tertiary/aromatic N) is 2. The van der Waals surface area contributed by atoms with E-state index in [0.29, 0.717) is 5.92 Å². The number of hydrogen-bond acceptors (Lipinski definition) is 3. The summed E-state index contributed by atoms with van der Waals surface area (Å²) in [5.41, 5.74) is 2.92. The Morgan fingerprint density at radius 2 is 2.29 bits per heavy atom. The highest BCUT2D eigenvalue weighted by Gasteiger charge is 2.15. The Bertz CT molecular complexity index is 511. The Hall–Kier alpha value is -1.42. The summed E-state index contributed by atoms with van der Waals surface area (Å²) in [6, 6.07) is 4.08. The van der Waals surface area contributed by atoms with Crippen LogP contribution in [0.5, 0.6) is 0 Å². The average Bonchev–Trinajstić information content (AvgIpc) is 2.71. The van der Waals surface area contributed by atoms with E-state index in [0.717, 1.165) is 42.2 Å². The summed E-state index contributed by atoms with van der Waals surface area (Å²) in [5, 5.41) is 3.44. The second kappa shape index (κ2) is 4.45. The zero-order valence-electron chi connectivity index (χ0n) is 10.2. The lowest BCUT2D eigenvalue weighted by molar-refractivity contribution is 0.371. The topological polar surface area (TPSA) is 53.6 Å². The highest BCUT2D eigenvalue weighted by Crippen LogP contribution is 2.17. The number of fused-ring (bicyclic) bond motifs is 1. The lowest BCUT2D eigenvalue weighted by Gasteiger charge is -2.21. The largest absolute Gasteiger partial charge is 0.341 e. The minimum atomic E-state index is 0.713. The summed E-state index contributed by atoms with van der Waals surface area (Å²) in [4.78, 5) is 12.4. The van der Waals surface area contributed by atoms with Gasteiger partial charge in [0.1, 0.15) is 5.82 Å². The van der Waals surface area contributed by atoms with Crippen LogP contribution in [0.4, 0.5) is 0 Å². The Balaban J connectivity index is 1.80. The minimum Gasteiger partial charge on any atom is -0.341 e. The van der Waals surface area contributed by atoms with Crippen molar-refractivity contribution in [2.45, 2.75) is 26.2 Å². The molecule has 2 aromatic heterocycles. The predicted octanol–water partition coefficient (Wildman–Crippen LogP) is 1.81. The molecule has 0 aromatic carbocycles. The SMILES string of the molecule is Cc1ccc2[nH]c(CC3CCCNC3)nc2n1. The molecule has 0 aliphatic carbocycles. The third kappa shape index (κ3) is 2.31. The lowest BCUT2D eigenvalue weighted by atomic mass is 9.96. The van der Waals surface area contributed by atoms with Gasteiger partial charge in [-0.1, -0.05) is 0 Å². The number of nitrogens with one attached hydrogen (secondary N) is 2. The molecule has 0 saturated carbocycles. The van der Waals surface area contributed by atoms with Crippen molar-refractivity contribution in [1.82, 2.24) is 20.3 Å². The van der Waals surface area contributed by atoms with Gasteiger partial charge >= 0.3 is 0 Å². The fourth-order valence-electron chi connectivity index (χ4n) is 2.51. The van der Waals surface area contributed by atoms with Gasteiger partial charge in [0.2, 0.25) is 0 Å². The molecule has 1 aliphatic rings. The van der Waals surface area contributed by atoms with Crippen LogP contribution in [-0.4, -0.2) is 28.0 Å². The number of aromatic amines is 1. The molecule has 1 atom stereocenters. The zero-order chi connectivity index (χ0) is 11.7. The second-order valence-electron chi connectivity index (χ2n) is 4.92. The molecule has 90 valence electrons. The van der Waals surface area contributed by atoms with Gasteiger partial charge in [-0.25, -0.2) is 9.97 Å². The van der Waals surface area contributed by atoms with Crippen LogP contribution < -0.4 is 5.32 Å². The number of aryl methyl sites for hydroxylation is 1. The molecule has 3 heterocycles. The van der Waals surface area contributed by atoms with E-state index in [4.69, 9.17) is 0 Å². The highest BCUT2D eigenvalue weighted by atomic mass is 15.0. The summed E-state index contributed by atoms with van der Waals surface area (Å²) >= 11 is 0. The molecule has 1 aliphatic heterocycles. The summed E-state index contributed by atoms with van der Waals surface area (Å²) < 4.78 is 0. The van der Waals surface area contributed by atoms with Crippen molar-refractivity contribution >= 4 is 11.2 Å². The van der Waals surface area contributed by atoms with Crippen LogP contribution in [0.15, 0.2) is 12.1 Å². The number of hydrogen-bond donors (Lipinski definition) is 2. The Morgan fingerprint density at radius 1 is 1.35 bits per heavy atom. The molecule has 1 saturated heterocycles. The van der Waals surface area contributed by atoms with E-state index in [2.05, 4.69) is 26.3 Å². The summed E-state index contributed by atoms with van der Waals surface area (Å²) in [6.07, 6.45) is 3.61. The monoisotopic (exact) mass is 230 g/mol. The Morgan fingerprint density at radius 3 is 3.12 bits per heavy atom. The van der Waals surface area contributed by atoms with Crippen LogP contribution in [0.2, 0.25) is 0 Å². The number of aromatic nitrogens is 3. The molecule has 0 radical (unpaired) electrons. The number of H-pyrrole nitrogens is 1. The molecule has 4 heteroatoms. The molecule has 3 rings (SSSR count). The van der Waals surface area contributed by atoms with Gasteiger partial charge in [-0.2, -0.15) is 0 Å². The molecule has 0 spiro atoms.